The summed E-state index contributed by atoms with van der Waals surface area (Å²) >= 11 is 20.8. The molecule has 0 N–H and O–H groups in total. The zero-order chi connectivity index (χ0) is 11.8. The van der Waals surface area contributed by atoms with Gasteiger partial charge < -0.3 is 0 Å². The molecule has 0 unspecified atom stereocenters. The highest BCUT2D eigenvalue weighted by Crippen LogP contribution is 2.35. The fraction of sp³-hybridized carbons (Fsp3) is 0.143. The van der Waals surface area contributed by atoms with Crippen LogP contribution >= 0.6 is 80.0 Å². The van der Waals surface area contributed by atoms with Crippen LogP contribution in [0.25, 0.3) is 0 Å². The fourth-order valence-corrected chi connectivity index (χ4v) is 4.20. The number of alkyl halides is 2. The van der Waals surface area contributed by atoms with Crippen LogP contribution in [-0.2, 0) is 9.84 Å². The van der Waals surface area contributed by atoms with Gasteiger partial charge in [-0.1, -0.05) is 80.0 Å². The van der Waals surface area contributed by atoms with Crippen molar-refractivity contribution in [3.05, 3.63) is 27.2 Å². The van der Waals surface area contributed by atoms with Crippen molar-refractivity contribution in [3.8, 4) is 0 Å². The molecule has 0 aromatic heterocycles. The van der Waals surface area contributed by atoms with Crippen LogP contribution in [0, 0.1) is 0 Å². The molecule has 84 valence electrons. The van der Waals surface area contributed by atoms with Crippen molar-refractivity contribution >= 4 is 89.8 Å². The third-order valence-corrected chi connectivity index (χ3v) is 8.10. The van der Waals surface area contributed by atoms with E-state index in [1.807, 2.05) is 0 Å². The van der Waals surface area contributed by atoms with Gasteiger partial charge in [0.2, 0.25) is 9.84 Å². The van der Waals surface area contributed by atoms with Crippen LogP contribution in [0.1, 0.15) is 0 Å². The molecule has 0 radical (unpaired) electrons. The molecule has 2 nitrogen and oxygen atoms in total. The quantitative estimate of drug-likeness (QED) is 0.331. The van der Waals surface area contributed by atoms with E-state index < -0.39 is 11.1 Å². The Morgan fingerprint density at radius 1 is 1.00 bits per heavy atom. The Morgan fingerprint density at radius 2 is 1.47 bits per heavy atom. The first-order chi connectivity index (χ1) is 6.76. The molecule has 0 spiro atoms. The summed E-state index contributed by atoms with van der Waals surface area (Å²) < 4.78 is 23.0. The number of hydrogen-bond acceptors (Lipinski definition) is 2. The van der Waals surface area contributed by atoms with Gasteiger partial charge in [-0.3, -0.25) is 0 Å². The second-order valence-electron chi connectivity index (χ2n) is 2.50. The summed E-state index contributed by atoms with van der Waals surface area (Å²) in [6.45, 7) is 0. The third kappa shape index (κ3) is 3.25. The average molecular weight is 511 g/mol. The average Bonchev–Trinajstić information content (AvgIpc) is 2.10. The highest BCUT2D eigenvalue weighted by Gasteiger charge is 2.25. The molecular weight excluding hydrogens is 508 g/mol. The minimum absolute atomic E-state index is 0.00682. The second kappa shape index (κ2) is 5.43. The maximum Gasteiger partial charge on any atom is 0.201 e. The molecule has 8 heteroatoms. The number of hydrogen-bond donors (Lipinski definition) is 0. The van der Waals surface area contributed by atoms with E-state index in [0.717, 1.165) is 0 Å². The lowest BCUT2D eigenvalue weighted by Crippen LogP contribution is -2.08. The van der Waals surface area contributed by atoms with E-state index in [4.69, 9.17) is 34.8 Å². The standard InChI is InChI=1S/C7H3Cl3I2O2S/c8-3-1-5(10)6(2-4(3)9)15(13,14)7(11)12/h1-2,7H. The summed E-state index contributed by atoms with van der Waals surface area (Å²) in [6, 6.07) is 2.60. The molecule has 0 bridgehead atoms. The van der Waals surface area contributed by atoms with Gasteiger partial charge in [0, 0.05) is 0 Å². The Bertz CT molecular complexity index is 487. The van der Waals surface area contributed by atoms with Crippen LogP contribution in [0.3, 0.4) is 0 Å². The predicted molar refractivity (Wildman–Crippen MR) is 80.5 cm³/mol. The lowest BCUT2D eigenvalue weighted by molar-refractivity contribution is 0.600. The number of benzene rings is 1. The van der Waals surface area contributed by atoms with E-state index in [9.17, 15) is 8.42 Å². The molecule has 1 aromatic rings. The highest BCUT2D eigenvalue weighted by atomic mass is 127. The molecule has 0 saturated carbocycles. The summed E-state index contributed by atoms with van der Waals surface area (Å²) in [4.78, 5) is 0.00682. The molecular formula is C7H3Cl3I2O2S. The van der Waals surface area contributed by atoms with Crippen LogP contribution in [0.5, 0.6) is 0 Å². The molecule has 0 aliphatic rings. The molecule has 0 fully saturated rings. The molecule has 0 aliphatic heterocycles. The van der Waals surface area contributed by atoms with Gasteiger partial charge in [0.15, 0.2) is 1.26 Å². The minimum Gasteiger partial charge on any atom is -0.222 e. The SMILES string of the molecule is O=S(=O)(c1cc(Cl)c(Cl)cc1Cl)C(I)I. The summed E-state index contributed by atoms with van der Waals surface area (Å²) in [6.07, 6.45) is 0. The van der Waals surface area contributed by atoms with Crippen molar-refractivity contribution in [2.45, 2.75) is 6.16 Å². The largest absolute Gasteiger partial charge is 0.222 e. The summed E-state index contributed by atoms with van der Waals surface area (Å²) in [5, 5.41) is 0.495. The molecule has 1 rings (SSSR count). The number of halogens is 5. The first-order valence-corrected chi connectivity index (χ1v) is 8.60. The molecule has 0 heterocycles. The zero-order valence-electron chi connectivity index (χ0n) is 6.85. The van der Waals surface area contributed by atoms with E-state index in [0.29, 0.717) is 0 Å². The zero-order valence-corrected chi connectivity index (χ0v) is 14.2. The van der Waals surface area contributed by atoms with Crippen molar-refractivity contribution < 1.29 is 8.42 Å². The van der Waals surface area contributed by atoms with Gasteiger partial charge in [0.05, 0.1) is 20.0 Å². The van der Waals surface area contributed by atoms with E-state index in [1.165, 1.54) is 12.1 Å². The first kappa shape index (κ1) is 14.6. The van der Waals surface area contributed by atoms with Crippen molar-refractivity contribution in [3.63, 3.8) is 0 Å². The van der Waals surface area contributed by atoms with Crippen LogP contribution in [0.4, 0.5) is 0 Å². The molecule has 0 aliphatic carbocycles. The fourth-order valence-electron chi connectivity index (χ4n) is 0.818. The summed E-state index contributed by atoms with van der Waals surface area (Å²) in [5.74, 6) is 0. The van der Waals surface area contributed by atoms with E-state index >= 15 is 0 Å². The normalized spacial score (nSPS) is 12.1. The van der Waals surface area contributed by atoms with Crippen molar-refractivity contribution in [2.75, 3.05) is 0 Å². The minimum atomic E-state index is -3.45. The van der Waals surface area contributed by atoms with Gasteiger partial charge in [0.1, 0.15) is 0 Å². The number of sulfone groups is 1. The second-order valence-corrected chi connectivity index (χ2v) is 12.3. The molecule has 0 saturated heterocycles. The van der Waals surface area contributed by atoms with Crippen LogP contribution < -0.4 is 0 Å². The first-order valence-electron chi connectivity index (χ1n) is 3.43. The van der Waals surface area contributed by atoms with E-state index in [1.54, 1.807) is 45.2 Å². The van der Waals surface area contributed by atoms with Gasteiger partial charge in [0.25, 0.3) is 0 Å². The maximum atomic E-state index is 11.8. The van der Waals surface area contributed by atoms with Gasteiger partial charge in [-0.15, -0.1) is 0 Å². The molecule has 1 aromatic carbocycles. The van der Waals surface area contributed by atoms with Gasteiger partial charge in [-0.05, 0) is 12.1 Å². The summed E-state index contributed by atoms with van der Waals surface area (Å²) in [7, 11) is -3.45. The topological polar surface area (TPSA) is 34.1 Å². The predicted octanol–water partition coefficient (Wildman–Crippen LogP) is 4.57. The van der Waals surface area contributed by atoms with E-state index in [2.05, 4.69) is 0 Å². The Balaban J connectivity index is 3.46. The van der Waals surface area contributed by atoms with Gasteiger partial charge in [-0.25, -0.2) is 8.42 Å². The Kier molecular flexibility index (Phi) is 5.27. The van der Waals surface area contributed by atoms with Crippen molar-refractivity contribution in [1.29, 1.82) is 0 Å². The molecule has 15 heavy (non-hydrogen) atoms. The smallest absolute Gasteiger partial charge is 0.201 e. The van der Waals surface area contributed by atoms with Gasteiger partial charge >= 0.3 is 0 Å². The van der Waals surface area contributed by atoms with Crippen molar-refractivity contribution in [1.82, 2.24) is 0 Å². The Hall–Kier alpha value is 1.50. The van der Waals surface area contributed by atoms with Crippen LogP contribution in [0.15, 0.2) is 17.0 Å². The Labute approximate surface area is 130 Å². The monoisotopic (exact) mass is 510 g/mol. The van der Waals surface area contributed by atoms with Crippen LogP contribution in [-0.4, -0.2) is 9.68 Å². The summed E-state index contributed by atoms with van der Waals surface area (Å²) in [5.41, 5.74) is 0. The maximum absolute atomic E-state index is 11.8. The Morgan fingerprint density at radius 3 is 1.93 bits per heavy atom. The third-order valence-electron chi connectivity index (χ3n) is 1.52. The number of rotatable bonds is 2. The molecule has 0 atom stereocenters. The van der Waals surface area contributed by atoms with Crippen LogP contribution in [0.2, 0.25) is 15.1 Å². The van der Waals surface area contributed by atoms with Crippen molar-refractivity contribution in [2.24, 2.45) is 0 Å². The lowest BCUT2D eigenvalue weighted by atomic mass is 10.4. The highest BCUT2D eigenvalue weighted by molar-refractivity contribution is 14.2. The lowest BCUT2D eigenvalue weighted by Gasteiger charge is -2.08. The molecule has 0 amide bonds. The van der Waals surface area contributed by atoms with Gasteiger partial charge in [-0.2, -0.15) is 0 Å². The van der Waals surface area contributed by atoms with E-state index in [-0.39, 0.29) is 20.0 Å².